The highest BCUT2D eigenvalue weighted by Gasteiger charge is 2.10. The van der Waals surface area contributed by atoms with Crippen molar-refractivity contribution in [3.05, 3.63) is 39.8 Å². The Labute approximate surface area is 97.5 Å². The van der Waals surface area contributed by atoms with E-state index in [1.165, 1.54) is 19.2 Å². The number of methoxy groups -OCH3 is 1. The minimum absolute atomic E-state index is 0.0689. The monoisotopic (exact) mass is 231 g/mol. The molecule has 0 saturated heterocycles. The van der Waals surface area contributed by atoms with Crippen LogP contribution in [0.25, 0.3) is 10.4 Å². The molecule has 0 aliphatic heterocycles. The lowest BCUT2D eigenvalue weighted by Crippen LogP contribution is -2.00. The average Bonchev–Trinajstić information content (AvgIpc) is 2.34. The molecule has 1 aromatic rings. The molecular weight excluding hydrogens is 222 g/mol. The SMILES string of the molecule is COc1cc(C#CCN=[N+]=[N-])ccc1C(=O)O. The predicted octanol–water partition coefficient (Wildman–Crippen LogP) is 2.06. The molecule has 0 unspecified atom stereocenters. The number of rotatable bonds is 3. The molecule has 1 N–H and O–H groups in total. The molecule has 0 saturated carbocycles. The summed E-state index contributed by atoms with van der Waals surface area (Å²) in [5.74, 6) is 4.55. The average molecular weight is 231 g/mol. The van der Waals surface area contributed by atoms with Gasteiger partial charge in [-0.25, -0.2) is 4.79 Å². The van der Waals surface area contributed by atoms with Gasteiger partial charge < -0.3 is 9.84 Å². The van der Waals surface area contributed by atoms with Crippen LogP contribution in [0.3, 0.4) is 0 Å². The third-order valence-electron chi connectivity index (χ3n) is 1.88. The van der Waals surface area contributed by atoms with E-state index in [0.29, 0.717) is 5.56 Å². The lowest BCUT2D eigenvalue weighted by Gasteiger charge is -2.04. The van der Waals surface area contributed by atoms with Crippen molar-refractivity contribution < 1.29 is 14.6 Å². The van der Waals surface area contributed by atoms with Crippen molar-refractivity contribution in [2.75, 3.05) is 13.7 Å². The summed E-state index contributed by atoms with van der Waals surface area (Å²) in [6.45, 7) is 0.0689. The number of carboxylic acid groups (broad SMARTS) is 1. The molecule has 0 aliphatic rings. The number of aromatic carboxylic acids is 1. The van der Waals surface area contributed by atoms with Gasteiger partial charge in [0.15, 0.2) is 0 Å². The first-order chi connectivity index (χ1) is 8.19. The molecule has 0 atom stereocenters. The van der Waals surface area contributed by atoms with E-state index in [-0.39, 0.29) is 17.9 Å². The molecule has 0 spiro atoms. The van der Waals surface area contributed by atoms with E-state index in [1.54, 1.807) is 6.07 Å². The van der Waals surface area contributed by atoms with Crippen molar-refractivity contribution in [1.29, 1.82) is 0 Å². The maximum Gasteiger partial charge on any atom is 0.339 e. The zero-order valence-electron chi connectivity index (χ0n) is 9.04. The third-order valence-corrected chi connectivity index (χ3v) is 1.88. The van der Waals surface area contributed by atoms with E-state index in [2.05, 4.69) is 21.9 Å². The summed E-state index contributed by atoms with van der Waals surface area (Å²) in [6.07, 6.45) is 0. The highest BCUT2D eigenvalue weighted by atomic mass is 16.5. The summed E-state index contributed by atoms with van der Waals surface area (Å²) in [4.78, 5) is 13.4. The number of benzene rings is 1. The number of azide groups is 1. The highest BCUT2D eigenvalue weighted by molar-refractivity contribution is 5.91. The molecule has 6 nitrogen and oxygen atoms in total. The summed E-state index contributed by atoms with van der Waals surface area (Å²) in [7, 11) is 1.39. The largest absolute Gasteiger partial charge is 0.496 e. The number of hydrogen-bond acceptors (Lipinski definition) is 3. The van der Waals surface area contributed by atoms with Crippen LogP contribution in [0.4, 0.5) is 0 Å². The number of carboxylic acids is 1. The second kappa shape index (κ2) is 6.05. The molecule has 17 heavy (non-hydrogen) atoms. The zero-order chi connectivity index (χ0) is 12.7. The topological polar surface area (TPSA) is 95.3 Å². The number of carbonyl (C=O) groups is 1. The summed E-state index contributed by atoms with van der Waals surface area (Å²) >= 11 is 0. The Balaban J connectivity index is 2.99. The van der Waals surface area contributed by atoms with Crippen molar-refractivity contribution in [3.8, 4) is 17.6 Å². The first-order valence-corrected chi connectivity index (χ1v) is 4.60. The van der Waals surface area contributed by atoms with Gasteiger partial charge in [0.2, 0.25) is 0 Å². The number of nitrogens with zero attached hydrogens (tertiary/aromatic N) is 3. The first-order valence-electron chi connectivity index (χ1n) is 4.60. The third kappa shape index (κ3) is 3.45. The van der Waals surface area contributed by atoms with Crippen molar-refractivity contribution >= 4 is 5.97 Å². The molecule has 0 radical (unpaired) electrons. The molecule has 0 aromatic heterocycles. The summed E-state index contributed by atoms with van der Waals surface area (Å²) in [5.41, 5.74) is 8.72. The van der Waals surface area contributed by atoms with Crippen molar-refractivity contribution in [1.82, 2.24) is 0 Å². The first kappa shape index (κ1) is 12.4. The Kier molecular flexibility index (Phi) is 4.43. The molecule has 1 aromatic carbocycles. The lowest BCUT2D eigenvalue weighted by molar-refractivity contribution is 0.0693. The van der Waals surface area contributed by atoms with Crippen LogP contribution in [0.15, 0.2) is 23.3 Å². The van der Waals surface area contributed by atoms with Crippen LogP contribution in [-0.2, 0) is 0 Å². The van der Waals surface area contributed by atoms with E-state index in [1.807, 2.05) is 0 Å². The van der Waals surface area contributed by atoms with E-state index >= 15 is 0 Å². The molecule has 0 fully saturated rings. The lowest BCUT2D eigenvalue weighted by atomic mass is 10.1. The molecule has 0 heterocycles. The molecule has 0 aliphatic carbocycles. The van der Waals surface area contributed by atoms with Crippen LogP contribution in [0.5, 0.6) is 5.75 Å². The van der Waals surface area contributed by atoms with Crippen LogP contribution >= 0.6 is 0 Å². The van der Waals surface area contributed by atoms with Gasteiger partial charge in [0.25, 0.3) is 0 Å². The van der Waals surface area contributed by atoms with E-state index < -0.39 is 5.97 Å². The fourth-order valence-electron chi connectivity index (χ4n) is 1.15. The molecule has 6 heteroatoms. The smallest absolute Gasteiger partial charge is 0.339 e. The summed E-state index contributed by atoms with van der Waals surface area (Å²) in [5, 5.41) is 12.1. The van der Waals surface area contributed by atoms with Crippen LogP contribution in [0.1, 0.15) is 15.9 Å². The number of hydrogen-bond donors (Lipinski definition) is 1. The van der Waals surface area contributed by atoms with Crippen LogP contribution in [0, 0.1) is 11.8 Å². The van der Waals surface area contributed by atoms with Gasteiger partial charge >= 0.3 is 5.97 Å². The van der Waals surface area contributed by atoms with Gasteiger partial charge in [-0.1, -0.05) is 17.0 Å². The minimum Gasteiger partial charge on any atom is -0.496 e. The second-order valence-corrected chi connectivity index (χ2v) is 2.91. The van der Waals surface area contributed by atoms with E-state index in [9.17, 15) is 4.79 Å². The van der Waals surface area contributed by atoms with Crippen molar-refractivity contribution in [2.45, 2.75) is 0 Å². The van der Waals surface area contributed by atoms with Gasteiger partial charge in [-0.15, -0.1) is 0 Å². The zero-order valence-corrected chi connectivity index (χ0v) is 9.04. The molecule has 1 rings (SSSR count). The van der Waals surface area contributed by atoms with Gasteiger partial charge in [-0.2, -0.15) is 0 Å². The molecule has 86 valence electrons. The Morgan fingerprint density at radius 3 is 3.00 bits per heavy atom. The van der Waals surface area contributed by atoms with Gasteiger partial charge in [0, 0.05) is 10.5 Å². The van der Waals surface area contributed by atoms with Gasteiger partial charge in [0.1, 0.15) is 11.3 Å². The molecule has 0 bridgehead atoms. The quantitative estimate of drug-likeness (QED) is 0.373. The normalized spacial score (nSPS) is 8.53. The van der Waals surface area contributed by atoms with Gasteiger partial charge in [0.05, 0.1) is 13.7 Å². The van der Waals surface area contributed by atoms with Crippen molar-refractivity contribution in [3.63, 3.8) is 0 Å². The summed E-state index contributed by atoms with van der Waals surface area (Å²) < 4.78 is 4.94. The molecule has 0 amide bonds. The van der Waals surface area contributed by atoms with E-state index in [4.69, 9.17) is 15.4 Å². The maximum absolute atomic E-state index is 10.8. The number of ether oxygens (including phenoxy) is 1. The van der Waals surface area contributed by atoms with E-state index in [0.717, 1.165) is 0 Å². The highest BCUT2D eigenvalue weighted by Crippen LogP contribution is 2.19. The second-order valence-electron chi connectivity index (χ2n) is 2.91. The van der Waals surface area contributed by atoms with Crippen molar-refractivity contribution in [2.24, 2.45) is 5.11 Å². The standard InChI is InChI=1S/C11H9N3O3/c1-17-10-7-8(3-2-6-13-14-12)4-5-9(10)11(15)16/h4-5,7H,6H2,1H3,(H,15,16). The maximum atomic E-state index is 10.8. The van der Waals surface area contributed by atoms with Crippen LogP contribution < -0.4 is 4.74 Å². The Hall–Kier alpha value is -2.64. The van der Waals surface area contributed by atoms with Crippen LogP contribution in [0.2, 0.25) is 0 Å². The minimum atomic E-state index is -1.06. The fraction of sp³-hybridized carbons (Fsp3) is 0.182. The predicted molar refractivity (Wildman–Crippen MR) is 60.8 cm³/mol. The molecular formula is C11H9N3O3. The summed E-state index contributed by atoms with van der Waals surface area (Å²) in [6, 6.07) is 4.50. The van der Waals surface area contributed by atoms with Gasteiger partial charge in [-0.05, 0) is 23.7 Å². The Morgan fingerprint density at radius 1 is 1.65 bits per heavy atom. The fourth-order valence-corrected chi connectivity index (χ4v) is 1.15. The van der Waals surface area contributed by atoms with Crippen LogP contribution in [-0.4, -0.2) is 24.7 Å². The Morgan fingerprint density at radius 2 is 2.41 bits per heavy atom. The van der Waals surface area contributed by atoms with Gasteiger partial charge in [-0.3, -0.25) is 0 Å². The Bertz CT molecular complexity index is 537.